The molecule has 1 N–H and O–H groups in total. The highest BCUT2D eigenvalue weighted by atomic mass is 32.2. The fraction of sp³-hybridized carbons (Fsp3) is 0.571. The molecular formula is C14H19NO3S. The standard InChI is InChI=1S/C14H19NO3S/c16-14(11-4-2-1-3-5-11)10-15(12-6-7-12)19(17,18)13-8-9-13/h1-5,12-14,16H,6-10H2/t14-/m0/s1. The first-order valence-corrected chi connectivity index (χ1v) is 8.33. The third kappa shape index (κ3) is 2.83. The third-order valence-electron chi connectivity index (χ3n) is 3.76. The van der Waals surface area contributed by atoms with E-state index in [0.717, 1.165) is 31.2 Å². The van der Waals surface area contributed by atoms with Crippen molar-refractivity contribution in [3.8, 4) is 0 Å². The summed E-state index contributed by atoms with van der Waals surface area (Å²) in [4.78, 5) is 0. The Hall–Kier alpha value is -0.910. The third-order valence-corrected chi connectivity index (χ3v) is 6.18. The van der Waals surface area contributed by atoms with Crippen molar-refractivity contribution in [2.24, 2.45) is 0 Å². The summed E-state index contributed by atoms with van der Waals surface area (Å²) in [6.07, 6.45) is 2.65. The molecule has 0 aliphatic heterocycles. The Morgan fingerprint density at radius 2 is 1.79 bits per heavy atom. The van der Waals surface area contributed by atoms with Gasteiger partial charge in [0.15, 0.2) is 0 Å². The van der Waals surface area contributed by atoms with Crippen molar-refractivity contribution in [1.29, 1.82) is 0 Å². The molecule has 0 heterocycles. The molecule has 0 amide bonds. The van der Waals surface area contributed by atoms with E-state index in [1.807, 2.05) is 30.3 Å². The van der Waals surface area contributed by atoms with Crippen molar-refractivity contribution in [3.63, 3.8) is 0 Å². The normalized spacial score (nSPS) is 21.6. The van der Waals surface area contributed by atoms with Crippen molar-refractivity contribution in [3.05, 3.63) is 35.9 Å². The van der Waals surface area contributed by atoms with Gasteiger partial charge < -0.3 is 5.11 Å². The van der Waals surface area contributed by atoms with Crippen LogP contribution < -0.4 is 0 Å². The molecule has 0 unspecified atom stereocenters. The number of aliphatic hydroxyl groups excluding tert-OH is 1. The van der Waals surface area contributed by atoms with E-state index in [1.54, 1.807) is 4.31 Å². The van der Waals surface area contributed by atoms with Gasteiger partial charge in [-0.05, 0) is 31.2 Å². The lowest BCUT2D eigenvalue weighted by Gasteiger charge is -2.24. The average molecular weight is 281 g/mol. The number of rotatable bonds is 6. The quantitative estimate of drug-likeness (QED) is 0.863. The van der Waals surface area contributed by atoms with Gasteiger partial charge in [-0.25, -0.2) is 8.42 Å². The monoisotopic (exact) mass is 281 g/mol. The summed E-state index contributed by atoms with van der Waals surface area (Å²) in [6.45, 7) is 0.188. The molecular weight excluding hydrogens is 262 g/mol. The molecule has 3 rings (SSSR count). The van der Waals surface area contributed by atoms with Gasteiger partial charge >= 0.3 is 0 Å². The second-order valence-electron chi connectivity index (χ2n) is 5.47. The molecule has 0 bridgehead atoms. The lowest BCUT2D eigenvalue weighted by atomic mass is 10.1. The Labute approximate surface area is 114 Å². The maximum atomic E-state index is 12.4. The van der Waals surface area contributed by atoms with Gasteiger partial charge in [0.25, 0.3) is 0 Å². The van der Waals surface area contributed by atoms with E-state index in [4.69, 9.17) is 0 Å². The minimum Gasteiger partial charge on any atom is -0.387 e. The summed E-state index contributed by atoms with van der Waals surface area (Å²) in [6, 6.07) is 9.38. The summed E-state index contributed by atoms with van der Waals surface area (Å²) in [5, 5.41) is 10.0. The summed E-state index contributed by atoms with van der Waals surface area (Å²) < 4.78 is 26.3. The number of hydrogen-bond donors (Lipinski definition) is 1. The number of hydrogen-bond acceptors (Lipinski definition) is 3. The predicted octanol–water partition coefficient (Wildman–Crippen LogP) is 1.68. The Morgan fingerprint density at radius 1 is 1.16 bits per heavy atom. The number of nitrogens with zero attached hydrogens (tertiary/aromatic N) is 1. The topological polar surface area (TPSA) is 57.6 Å². The van der Waals surface area contributed by atoms with Gasteiger partial charge in [-0.2, -0.15) is 4.31 Å². The zero-order valence-electron chi connectivity index (χ0n) is 10.8. The smallest absolute Gasteiger partial charge is 0.217 e. The first-order valence-electron chi connectivity index (χ1n) is 6.82. The van der Waals surface area contributed by atoms with Crippen LogP contribution in [0, 0.1) is 0 Å². The second kappa shape index (κ2) is 4.89. The molecule has 0 saturated heterocycles. The van der Waals surface area contributed by atoms with Gasteiger partial charge in [-0.15, -0.1) is 0 Å². The van der Waals surface area contributed by atoms with E-state index in [0.29, 0.717) is 0 Å². The fourth-order valence-electron chi connectivity index (χ4n) is 2.33. The van der Waals surface area contributed by atoms with Crippen LogP contribution in [0.15, 0.2) is 30.3 Å². The highest BCUT2D eigenvalue weighted by molar-refractivity contribution is 7.90. The maximum absolute atomic E-state index is 12.4. The zero-order chi connectivity index (χ0) is 13.5. The fourth-order valence-corrected chi connectivity index (χ4v) is 4.42. The van der Waals surface area contributed by atoms with Crippen LogP contribution in [0.4, 0.5) is 0 Å². The van der Waals surface area contributed by atoms with Gasteiger partial charge in [0.1, 0.15) is 0 Å². The highest BCUT2D eigenvalue weighted by Gasteiger charge is 2.46. The molecule has 2 fully saturated rings. The van der Waals surface area contributed by atoms with Crippen molar-refractivity contribution in [2.75, 3.05) is 6.54 Å². The number of benzene rings is 1. The first-order chi connectivity index (χ1) is 9.09. The molecule has 2 aliphatic carbocycles. The highest BCUT2D eigenvalue weighted by Crippen LogP contribution is 2.38. The molecule has 0 spiro atoms. The minimum atomic E-state index is -3.19. The van der Waals surface area contributed by atoms with Gasteiger partial charge in [0.2, 0.25) is 10.0 Å². The Balaban J connectivity index is 1.75. The van der Waals surface area contributed by atoms with Crippen LogP contribution in [0.3, 0.4) is 0 Å². The van der Waals surface area contributed by atoms with Gasteiger partial charge in [0.05, 0.1) is 11.4 Å². The summed E-state index contributed by atoms with van der Waals surface area (Å²) in [7, 11) is -3.19. The predicted molar refractivity (Wildman–Crippen MR) is 73.1 cm³/mol. The SMILES string of the molecule is O=S(=O)(C1CC1)N(C[C@H](O)c1ccccc1)C1CC1. The van der Waals surface area contributed by atoms with E-state index in [-0.39, 0.29) is 17.8 Å². The molecule has 0 aromatic heterocycles. The summed E-state index contributed by atoms with van der Waals surface area (Å²) in [5.41, 5.74) is 0.777. The number of aliphatic hydroxyl groups is 1. The Bertz CT molecular complexity index is 535. The van der Waals surface area contributed by atoms with Crippen molar-refractivity contribution in [2.45, 2.75) is 43.1 Å². The molecule has 2 saturated carbocycles. The number of sulfonamides is 1. The van der Waals surface area contributed by atoms with Crippen LogP contribution in [0.25, 0.3) is 0 Å². The molecule has 1 aromatic rings. The van der Waals surface area contributed by atoms with Crippen LogP contribution in [-0.2, 0) is 10.0 Å². The van der Waals surface area contributed by atoms with Crippen LogP contribution in [-0.4, -0.2) is 35.7 Å². The molecule has 1 atom stereocenters. The molecule has 5 heteroatoms. The van der Waals surface area contributed by atoms with Gasteiger partial charge in [0, 0.05) is 12.6 Å². The van der Waals surface area contributed by atoms with Crippen LogP contribution in [0.1, 0.15) is 37.4 Å². The minimum absolute atomic E-state index is 0.115. The van der Waals surface area contributed by atoms with E-state index < -0.39 is 16.1 Å². The molecule has 1 aromatic carbocycles. The average Bonchev–Trinajstić information content (AvgIpc) is 3.29. The van der Waals surface area contributed by atoms with Gasteiger partial charge in [-0.3, -0.25) is 0 Å². The first kappa shape index (κ1) is 13.1. The Morgan fingerprint density at radius 3 is 2.32 bits per heavy atom. The van der Waals surface area contributed by atoms with E-state index in [9.17, 15) is 13.5 Å². The van der Waals surface area contributed by atoms with Crippen molar-refractivity contribution in [1.82, 2.24) is 4.31 Å². The molecule has 0 radical (unpaired) electrons. The van der Waals surface area contributed by atoms with Crippen LogP contribution in [0.5, 0.6) is 0 Å². The van der Waals surface area contributed by atoms with Gasteiger partial charge in [-0.1, -0.05) is 30.3 Å². The van der Waals surface area contributed by atoms with E-state index in [1.165, 1.54) is 0 Å². The molecule has 4 nitrogen and oxygen atoms in total. The molecule has 2 aliphatic rings. The molecule has 19 heavy (non-hydrogen) atoms. The summed E-state index contributed by atoms with van der Waals surface area (Å²) >= 11 is 0. The zero-order valence-corrected chi connectivity index (χ0v) is 11.6. The maximum Gasteiger partial charge on any atom is 0.217 e. The Kier molecular flexibility index (Phi) is 3.37. The lowest BCUT2D eigenvalue weighted by molar-refractivity contribution is 0.145. The van der Waals surface area contributed by atoms with Crippen LogP contribution >= 0.6 is 0 Å². The van der Waals surface area contributed by atoms with Crippen molar-refractivity contribution >= 4 is 10.0 Å². The molecule has 104 valence electrons. The van der Waals surface area contributed by atoms with Crippen LogP contribution in [0.2, 0.25) is 0 Å². The van der Waals surface area contributed by atoms with E-state index in [2.05, 4.69) is 0 Å². The van der Waals surface area contributed by atoms with E-state index >= 15 is 0 Å². The lowest BCUT2D eigenvalue weighted by Crippen LogP contribution is -2.38. The van der Waals surface area contributed by atoms with Crippen molar-refractivity contribution < 1.29 is 13.5 Å². The largest absolute Gasteiger partial charge is 0.387 e. The second-order valence-corrected chi connectivity index (χ2v) is 7.64. The summed E-state index contributed by atoms with van der Waals surface area (Å²) in [5.74, 6) is 0.